The highest BCUT2D eigenvalue weighted by atomic mass is 16.5. The van der Waals surface area contributed by atoms with E-state index in [1.807, 2.05) is 18.3 Å². The number of hydrogen-bond acceptors (Lipinski definition) is 4. The number of carbonyl (C=O) groups excluding carboxylic acids is 1. The Hall–Kier alpha value is -2.15. The number of aromatic nitrogens is 4. The van der Waals surface area contributed by atoms with Gasteiger partial charge in [0.15, 0.2) is 5.82 Å². The molecule has 0 spiro atoms. The molecule has 1 aliphatic heterocycles. The van der Waals surface area contributed by atoms with Gasteiger partial charge < -0.3 is 14.6 Å². The van der Waals surface area contributed by atoms with Crippen LogP contribution in [0, 0.1) is 0 Å². The van der Waals surface area contributed by atoms with Gasteiger partial charge in [0.2, 0.25) is 0 Å². The first-order chi connectivity index (χ1) is 10.8. The van der Waals surface area contributed by atoms with Crippen LogP contribution in [0.15, 0.2) is 24.7 Å². The van der Waals surface area contributed by atoms with Crippen molar-refractivity contribution in [3.63, 3.8) is 0 Å². The summed E-state index contributed by atoms with van der Waals surface area (Å²) in [5, 5.41) is 9.67. The number of H-pyrrole nitrogens is 1. The molecule has 1 saturated carbocycles. The zero-order valence-electron chi connectivity index (χ0n) is 12.2. The summed E-state index contributed by atoms with van der Waals surface area (Å²) in [7, 11) is 0. The van der Waals surface area contributed by atoms with Crippen LogP contribution in [0.4, 0.5) is 0 Å². The molecule has 7 nitrogen and oxygen atoms in total. The normalized spacial score (nSPS) is 24.5. The van der Waals surface area contributed by atoms with E-state index in [9.17, 15) is 4.79 Å². The molecule has 0 bridgehead atoms. The van der Waals surface area contributed by atoms with Gasteiger partial charge in [0.05, 0.1) is 6.10 Å². The minimum atomic E-state index is -0.0419. The topological polar surface area (TPSA) is 84.8 Å². The van der Waals surface area contributed by atoms with Gasteiger partial charge >= 0.3 is 0 Å². The fraction of sp³-hybridized carbons (Fsp3) is 0.533. The van der Waals surface area contributed by atoms with Crippen molar-refractivity contribution in [1.82, 2.24) is 25.1 Å². The average molecular weight is 301 g/mol. The van der Waals surface area contributed by atoms with Crippen molar-refractivity contribution < 1.29 is 9.53 Å². The van der Waals surface area contributed by atoms with Gasteiger partial charge in [0, 0.05) is 18.8 Å². The van der Waals surface area contributed by atoms with Gasteiger partial charge in [-0.05, 0) is 37.8 Å². The maximum Gasteiger partial charge on any atom is 0.268 e. The number of rotatable bonds is 5. The van der Waals surface area contributed by atoms with Gasteiger partial charge in [-0.3, -0.25) is 9.89 Å². The van der Waals surface area contributed by atoms with Gasteiger partial charge in [-0.2, -0.15) is 5.10 Å². The third-order valence-electron chi connectivity index (χ3n) is 4.29. The number of nitrogens with zero attached hydrogens (tertiary/aromatic N) is 3. The van der Waals surface area contributed by atoms with Crippen molar-refractivity contribution in [1.29, 1.82) is 0 Å². The van der Waals surface area contributed by atoms with Gasteiger partial charge in [-0.25, -0.2) is 4.98 Å². The van der Waals surface area contributed by atoms with E-state index in [-0.39, 0.29) is 18.1 Å². The average Bonchev–Trinajstić information content (AvgIpc) is 3.02. The van der Waals surface area contributed by atoms with Crippen LogP contribution in [-0.2, 0) is 4.74 Å². The first-order valence-electron chi connectivity index (χ1n) is 7.77. The van der Waals surface area contributed by atoms with Gasteiger partial charge in [0.1, 0.15) is 18.1 Å². The third-order valence-corrected chi connectivity index (χ3v) is 4.29. The highest BCUT2D eigenvalue weighted by Gasteiger charge is 2.30. The summed E-state index contributed by atoms with van der Waals surface area (Å²) in [5.74, 6) is 0.736. The molecule has 2 atom stereocenters. The fourth-order valence-corrected chi connectivity index (χ4v) is 2.98. The first-order valence-corrected chi connectivity index (χ1v) is 7.77. The van der Waals surface area contributed by atoms with Crippen LogP contribution in [0.5, 0.6) is 0 Å². The van der Waals surface area contributed by atoms with E-state index in [0.717, 1.165) is 24.4 Å². The molecule has 2 aromatic rings. The molecule has 0 aromatic carbocycles. The van der Waals surface area contributed by atoms with Crippen molar-refractivity contribution in [2.45, 2.75) is 43.9 Å². The lowest BCUT2D eigenvalue weighted by Gasteiger charge is -2.14. The first kappa shape index (κ1) is 13.5. The Morgan fingerprint density at radius 2 is 2.32 bits per heavy atom. The van der Waals surface area contributed by atoms with Crippen molar-refractivity contribution in [3.05, 3.63) is 36.2 Å². The summed E-state index contributed by atoms with van der Waals surface area (Å²) in [6.45, 7) is 0.527. The van der Waals surface area contributed by atoms with E-state index in [2.05, 4.69) is 25.1 Å². The zero-order valence-corrected chi connectivity index (χ0v) is 12.2. The maximum atomic E-state index is 12.3. The third kappa shape index (κ3) is 2.64. The van der Waals surface area contributed by atoms with E-state index >= 15 is 0 Å². The van der Waals surface area contributed by atoms with Crippen LogP contribution in [0.25, 0.3) is 0 Å². The van der Waals surface area contributed by atoms with Crippen LogP contribution in [0.1, 0.15) is 54.1 Å². The molecule has 2 aliphatic rings. The largest absolute Gasteiger partial charge is 0.365 e. The zero-order chi connectivity index (χ0) is 14.9. The summed E-state index contributed by atoms with van der Waals surface area (Å²) in [4.78, 5) is 16.4. The lowest BCUT2D eigenvalue weighted by molar-refractivity contribution is 0.0391. The van der Waals surface area contributed by atoms with Crippen LogP contribution in [-0.4, -0.2) is 38.3 Å². The van der Waals surface area contributed by atoms with Crippen LogP contribution in [0.3, 0.4) is 0 Å². The minimum absolute atomic E-state index is 0.0244. The number of carbonyl (C=O) groups is 1. The van der Waals surface area contributed by atoms with Gasteiger partial charge in [0.25, 0.3) is 5.91 Å². The summed E-state index contributed by atoms with van der Waals surface area (Å²) >= 11 is 0. The van der Waals surface area contributed by atoms with Crippen molar-refractivity contribution >= 4 is 5.91 Å². The molecular formula is C15H19N5O2. The van der Waals surface area contributed by atoms with Crippen LogP contribution < -0.4 is 5.32 Å². The molecule has 116 valence electrons. The molecule has 3 heterocycles. The lowest BCUT2D eigenvalue weighted by atomic mass is 10.2. The molecule has 2 aromatic heterocycles. The second-order valence-electron chi connectivity index (χ2n) is 5.94. The molecule has 0 unspecified atom stereocenters. The SMILES string of the molecule is O=C(NC[C@H]1CC[C@@H](c2ncn[nH]2)O1)c1cccn1C1CC1. The molecule has 0 radical (unpaired) electrons. The van der Waals surface area contributed by atoms with Crippen molar-refractivity contribution in [3.8, 4) is 0 Å². The number of ether oxygens (including phenoxy) is 1. The Kier molecular flexibility index (Phi) is 3.42. The second kappa shape index (κ2) is 5.57. The summed E-state index contributed by atoms with van der Waals surface area (Å²) in [5.41, 5.74) is 0.743. The van der Waals surface area contributed by atoms with Crippen molar-refractivity contribution in [2.75, 3.05) is 6.54 Å². The Bertz CT molecular complexity index is 647. The standard InChI is InChI=1S/C15H19N5O2/c21-15(12-2-1-7-20(12)10-3-4-10)16-8-11-5-6-13(22-11)14-17-9-18-19-14/h1-2,7,9-11,13H,3-6,8H2,(H,16,21)(H,17,18,19)/t11-,13+/m1/s1. The molecule has 1 saturated heterocycles. The van der Waals surface area contributed by atoms with Gasteiger partial charge in [-0.15, -0.1) is 0 Å². The van der Waals surface area contributed by atoms with E-state index < -0.39 is 0 Å². The Morgan fingerprint density at radius 3 is 3.09 bits per heavy atom. The Labute approximate surface area is 128 Å². The number of hydrogen-bond donors (Lipinski definition) is 2. The molecule has 2 fully saturated rings. The van der Waals surface area contributed by atoms with Crippen molar-refractivity contribution in [2.24, 2.45) is 0 Å². The maximum absolute atomic E-state index is 12.3. The summed E-state index contributed by atoms with van der Waals surface area (Å²) in [6, 6.07) is 4.31. The predicted molar refractivity (Wildman–Crippen MR) is 78.3 cm³/mol. The van der Waals surface area contributed by atoms with E-state index in [0.29, 0.717) is 12.6 Å². The molecule has 2 N–H and O–H groups in total. The number of aromatic amines is 1. The van der Waals surface area contributed by atoms with E-state index in [4.69, 9.17) is 4.74 Å². The second-order valence-corrected chi connectivity index (χ2v) is 5.94. The Morgan fingerprint density at radius 1 is 1.41 bits per heavy atom. The van der Waals surface area contributed by atoms with Crippen LogP contribution >= 0.6 is 0 Å². The molecule has 7 heteroatoms. The Balaban J connectivity index is 1.31. The summed E-state index contributed by atoms with van der Waals surface area (Å²) in [6.07, 6.45) is 7.60. The highest BCUT2D eigenvalue weighted by molar-refractivity contribution is 5.92. The molecular weight excluding hydrogens is 282 g/mol. The van der Waals surface area contributed by atoms with E-state index in [1.54, 1.807) is 0 Å². The monoisotopic (exact) mass is 301 g/mol. The number of amides is 1. The van der Waals surface area contributed by atoms with Gasteiger partial charge in [-0.1, -0.05) is 0 Å². The predicted octanol–water partition coefficient (Wildman–Crippen LogP) is 1.59. The number of nitrogens with one attached hydrogen (secondary N) is 2. The lowest BCUT2D eigenvalue weighted by Crippen LogP contribution is -2.33. The minimum Gasteiger partial charge on any atom is -0.365 e. The van der Waals surface area contributed by atoms with E-state index in [1.165, 1.54) is 19.2 Å². The molecule has 4 rings (SSSR count). The quantitative estimate of drug-likeness (QED) is 0.878. The van der Waals surface area contributed by atoms with Crippen LogP contribution in [0.2, 0.25) is 0 Å². The smallest absolute Gasteiger partial charge is 0.268 e. The molecule has 22 heavy (non-hydrogen) atoms. The summed E-state index contributed by atoms with van der Waals surface area (Å²) < 4.78 is 7.98. The molecule has 1 amide bonds. The fourth-order valence-electron chi connectivity index (χ4n) is 2.98. The molecule has 1 aliphatic carbocycles. The highest BCUT2D eigenvalue weighted by Crippen LogP contribution is 2.36.